The first-order chi connectivity index (χ1) is 8.99. The summed E-state index contributed by atoms with van der Waals surface area (Å²) in [4.78, 5) is 16.6. The van der Waals surface area contributed by atoms with Crippen LogP contribution in [0.4, 0.5) is 0 Å². The smallest absolute Gasteiger partial charge is 0.352 e. The van der Waals surface area contributed by atoms with Crippen molar-refractivity contribution < 1.29 is 22.8 Å². The molecule has 3 N–H and O–H groups in total. The molecule has 0 spiro atoms. The van der Waals surface area contributed by atoms with Gasteiger partial charge in [-0.2, -0.15) is 4.98 Å². The minimum absolute atomic E-state index is 0.0676. The SMILES string of the molecule is O=C(O)c1cc(S(=O)(=O)NCCc2ncno2)c[nH]1. The summed E-state index contributed by atoms with van der Waals surface area (Å²) >= 11 is 0. The molecule has 9 nitrogen and oxygen atoms in total. The van der Waals surface area contributed by atoms with Crippen molar-refractivity contribution in [1.82, 2.24) is 19.8 Å². The molecule has 0 unspecified atom stereocenters. The van der Waals surface area contributed by atoms with E-state index in [9.17, 15) is 13.2 Å². The normalized spacial score (nSPS) is 11.6. The lowest BCUT2D eigenvalue weighted by atomic mass is 10.4. The molecule has 0 aromatic carbocycles. The summed E-state index contributed by atoms with van der Waals surface area (Å²) in [5.74, 6) is -0.921. The first kappa shape index (κ1) is 13.2. The molecule has 0 aliphatic heterocycles. The zero-order valence-corrected chi connectivity index (χ0v) is 10.3. The standard InChI is InChI=1S/C9H10N4O5S/c14-9(15)7-3-6(4-10-7)19(16,17)13-2-1-8-11-5-12-18-8/h3-5,10,13H,1-2H2,(H,14,15). The topological polar surface area (TPSA) is 138 Å². The van der Waals surface area contributed by atoms with Crippen molar-refractivity contribution in [2.45, 2.75) is 11.3 Å². The highest BCUT2D eigenvalue weighted by Gasteiger charge is 2.17. The average Bonchev–Trinajstić information content (AvgIpc) is 2.99. The highest BCUT2D eigenvalue weighted by molar-refractivity contribution is 7.89. The molecular formula is C9H10N4O5S. The molecule has 0 aliphatic carbocycles. The van der Waals surface area contributed by atoms with E-state index in [1.807, 2.05) is 0 Å². The second-order valence-electron chi connectivity index (χ2n) is 3.54. The van der Waals surface area contributed by atoms with Gasteiger partial charge in [-0.1, -0.05) is 5.16 Å². The van der Waals surface area contributed by atoms with Crippen LogP contribution in [-0.4, -0.2) is 41.2 Å². The van der Waals surface area contributed by atoms with Gasteiger partial charge in [0.25, 0.3) is 0 Å². The van der Waals surface area contributed by atoms with Crippen molar-refractivity contribution in [3.05, 3.63) is 30.2 Å². The Morgan fingerprint density at radius 3 is 2.89 bits per heavy atom. The number of aromatic amines is 1. The monoisotopic (exact) mass is 286 g/mol. The van der Waals surface area contributed by atoms with Gasteiger partial charge in [-0.15, -0.1) is 0 Å². The molecule has 0 saturated carbocycles. The van der Waals surface area contributed by atoms with E-state index in [2.05, 4.69) is 19.8 Å². The maximum Gasteiger partial charge on any atom is 0.352 e. The molecule has 2 rings (SSSR count). The lowest BCUT2D eigenvalue weighted by Gasteiger charge is -2.02. The summed E-state index contributed by atoms with van der Waals surface area (Å²) in [6, 6.07) is 1.04. The third-order valence-corrected chi connectivity index (χ3v) is 3.68. The van der Waals surface area contributed by atoms with Crippen LogP contribution < -0.4 is 4.72 Å². The van der Waals surface area contributed by atoms with Crippen LogP contribution in [0.25, 0.3) is 0 Å². The van der Waals surface area contributed by atoms with Crippen molar-refractivity contribution in [2.75, 3.05) is 6.54 Å². The number of H-pyrrole nitrogens is 1. The number of aromatic carboxylic acids is 1. The number of rotatable bonds is 6. The first-order valence-electron chi connectivity index (χ1n) is 5.16. The van der Waals surface area contributed by atoms with E-state index in [1.165, 1.54) is 6.33 Å². The molecule has 10 heteroatoms. The third-order valence-electron chi connectivity index (χ3n) is 2.24. The van der Waals surface area contributed by atoms with Gasteiger partial charge in [0.15, 0.2) is 6.33 Å². The fraction of sp³-hybridized carbons (Fsp3) is 0.222. The Hall–Kier alpha value is -2.20. The van der Waals surface area contributed by atoms with Crippen LogP contribution in [0.2, 0.25) is 0 Å². The Labute approximate surface area is 107 Å². The van der Waals surface area contributed by atoms with Crippen LogP contribution in [0, 0.1) is 0 Å². The molecule has 2 aromatic heterocycles. The van der Waals surface area contributed by atoms with Crippen LogP contribution in [0.5, 0.6) is 0 Å². The fourth-order valence-corrected chi connectivity index (χ4v) is 2.36. The van der Waals surface area contributed by atoms with Crippen molar-refractivity contribution in [2.24, 2.45) is 0 Å². The van der Waals surface area contributed by atoms with Crippen molar-refractivity contribution in [3.63, 3.8) is 0 Å². The highest BCUT2D eigenvalue weighted by Crippen LogP contribution is 2.10. The minimum Gasteiger partial charge on any atom is -0.477 e. The van der Waals surface area contributed by atoms with Gasteiger partial charge in [-0.25, -0.2) is 17.9 Å². The molecule has 0 amide bonds. The molecular weight excluding hydrogens is 276 g/mol. The van der Waals surface area contributed by atoms with Gasteiger partial charge in [-0.05, 0) is 6.07 Å². The Kier molecular flexibility index (Phi) is 3.62. The lowest BCUT2D eigenvalue weighted by Crippen LogP contribution is -2.25. The summed E-state index contributed by atoms with van der Waals surface area (Å²) in [6.45, 7) is 0.0676. The molecule has 2 aromatic rings. The zero-order valence-electron chi connectivity index (χ0n) is 9.53. The number of carbonyl (C=O) groups is 1. The van der Waals surface area contributed by atoms with Crippen molar-refractivity contribution in [3.8, 4) is 0 Å². The lowest BCUT2D eigenvalue weighted by molar-refractivity contribution is 0.0691. The van der Waals surface area contributed by atoms with Gasteiger partial charge >= 0.3 is 5.97 Å². The number of hydrogen-bond acceptors (Lipinski definition) is 6. The van der Waals surface area contributed by atoms with E-state index in [1.54, 1.807) is 0 Å². The quantitative estimate of drug-likeness (QED) is 0.657. The molecule has 0 radical (unpaired) electrons. The largest absolute Gasteiger partial charge is 0.477 e. The number of aromatic nitrogens is 3. The van der Waals surface area contributed by atoms with E-state index < -0.39 is 16.0 Å². The minimum atomic E-state index is -3.76. The molecule has 0 saturated heterocycles. The molecule has 0 bridgehead atoms. The predicted octanol–water partition coefficient (Wildman–Crippen LogP) is -0.383. The van der Waals surface area contributed by atoms with Crippen LogP contribution in [0.15, 0.2) is 28.0 Å². The van der Waals surface area contributed by atoms with Crippen LogP contribution in [0.3, 0.4) is 0 Å². The van der Waals surface area contributed by atoms with Crippen LogP contribution >= 0.6 is 0 Å². The second-order valence-corrected chi connectivity index (χ2v) is 5.30. The van der Waals surface area contributed by atoms with E-state index >= 15 is 0 Å². The molecule has 2 heterocycles. The van der Waals surface area contributed by atoms with E-state index in [0.29, 0.717) is 5.89 Å². The highest BCUT2D eigenvalue weighted by atomic mass is 32.2. The van der Waals surface area contributed by atoms with Crippen LogP contribution in [-0.2, 0) is 16.4 Å². The Morgan fingerprint density at radius 2 is 2.32 bits per heavy atom. The average molecular weight is 286 g/mol. The summed E-state index contributed by atoms with van der Waals surface area (Å²) in [5.41, 5.74) is -0.197. The predicted molar refractivity (Wildman–Crippen MR) is 60.9 cm³/mol. The van der Waals surface area contributed by atoms with Gasteiger partial charge in [0.1, 0.15) is 10.6 Å². The van der Waals surface area contributed by atoms with E-state index in [4.69, 9.17) is 9.63 Å². The van der Waals surface area contributed by atoms with E-state index in [0.717, 1.165) is 12.3 Å². The number of sulfonamides is 1. The molecule has 0 fully saturated rings. The Balaban J connectivity index is 1.99. The zero-order chi connectivity index (χ0) is 13.9. The van der Waals surface area contributed by atoms with Gasteiger partial charge in [0, 0.05) is 19.2 Å². The van der Waals surface area contributed by atoms with Gasteiger partial charge in [0.05, 0.1) is 0 Å². The Morgan fingerprint density at radius 1 is 1.53 bits per heavy atom. The number of carboxylic acid groups (broad SMARTS) is 1. The second kappa shape index (κ2) is 5.20. The van der Waals surface area contributed by atoms with Gasteiger partial charge < -0.3 is 14.6 Å². The summed E-state index contributed by atoms with van der Waals surface area (Å²) < 4.78 is 30.6. The molecule has 102 valence electrons. The van der Waals surface area contributed by atoms with Crippen LogP contribution in [0.1, 0.15) is 16.4 Å². The van der Waals surface area contributed by atoms with Crippen molar-refractivity contribution in [1.29, 1.82) is 0 Å². The number of nitrogens with zero attached hydrogens (tertiary/aromatic N) is 2. The van der Waals surface area contributed by atoms with Crippen molar-refractivity contribution >= 4 is 16.0 Å². The fourth-order valence-electron chi connectivity index (χ4n) is 1.33. The number of carboxylic acids is 1. The summed E-state index contributed by atoms with van der Waals surface area (Å²) in [6.07, 6.45) is 2.57. The van der Waals surface area contributed by atoms with Gasteiger partial charge in [0.2, 0.25) is 15.9 Å². The maximum atomic E-state index is 11.8. The summed E-state index contributed by atoms with van der Waals surface area (Å²) in [5, 5.41) is 12.1. The third kappa shape index (κ3) is 3.17. The summed E-state index contributed by atoms with van der Waals surface area (Å²) in [7, 11) is -3.76. The van der Waals surface area contributed by atoms with Gasteiger partial charge in [-0.3, -0.25) is 0 Å². The Bertz CT molecular complexity index is 661. The first-order valence-corrected chi connectivity index (χ1v) is 6.64. The molecule has 0 atom stereocenters. The number of nitrogens with one attached hydrogen (secondary N) is 2. The molecule has 0 aliphatic rings. The number of hydrogen-bond donors (Lipinski definition) is 3. The van der Waals surface area contributed by atoms with E-state index in [-0.39, 0.29) is 23.6 Å². The maximum absolute atomic E-state index is 11.8. The molecule has 19 heavy (non-hydrogen) atoms.